The van der Waals surface area contributed by atoms with Crippen LogP contribution >= 0.6 is 0 Å². The van der Waals surface area contributed by atoms with Crippen molar-refractivity contribution in [2.75, 3.05) is 13.2 Å². The minimum atomic E-state index is -1.17. The fraction of sp³-hybridized carbons (Fsp3) is 0.875. The van der Waals surface area contributed by atoms with E-state index in [0.717, 1.165) is 44.9 Å². The summed E-state index contributed by atoms with van der Waals surface area (Å²) in [5, 5.41) is 10.3. The van der Waals surface area contributed by atoms with E-state index in [1.807, 2.05) is 0 Å². The van der Waals surface area contributed by atoms with E-state index >= 15 is 0 Å². The summed E-state index contributed by atoms with van der Waals surface area (Å²) < 4.78 is 11.0. The van der Waals surface area contributed by atoms with Crippen molar-refractivity contribution < 1.29 is 14.6 Å². The van der Waals surface area contributed by atoms with Gasteiger partial charge in [0.25, 0.3) is 0 Å². The number of hydrogen-bond acceptors (Lipinski definition) is 3. The number of allylic oxidation sites excluding steroid dienone is 1. The zero-order valence-electron chi connectivity index (χ0n) is 13.4. The number of aliphatic hydroxyl groups is 1. The van der Waals surface area contributed by atoms with E-state index in [9.17, 15) is 5.11 Å². The maximum atomic E-state index is 10.3. The maximum absolute atomic E-state index is 10.3. The van der Waals surface area contributed by atoms with Gasteiger partial charge in [-0.25, -0.2) is 0 Å². The third-order valence-electron chi connectivity index (χ3n) is 4.28. The monoisotopic (exact) mass is 298 g/mol. The van der Waals surface area contributed by atoms with Crippen molar-refractivity contribution in [1.29, 1.82) is 0 Å². The standard InChI is InChI=1S/C16H30O3Si/c1-12-10-15(17)14(11-20(2,3)4)13(12)6-5-7-16-18-8-9-19-16/h12,15-17H,5-11H2,1-4H3/t12-,15+/m1/s1. The van der Waals surface area contributed by atoms with Gasteiger partial charge in [0.15, 0.2) is 6.29 Å². The lowest BCUT2D eigenvalue weighted by atomic mass is 9.97. The molecule has 0 aromatic heterocycles. The zero-order valence-corrected chi connectivity index (χ0v) is 14.4. The van der Waals surface area contributed by atoms with Gasteiger partial charge >= 0.3 is 0 Å². The number of aliphatic hydroxyl groups excluding tert-OH is 1. The highest BCUT2D eigenvalue weighted by Gasteiger charge is 2.32. The molecule has 1 aliphatic carbocycles. The Bertz CT molecular complexity index is 353. The summed E-state index contributed by atoms with van der Waals surface area (Å²) >= 11 is 0. The van der Waals surface area contributed by atoms with Gasteiger partial charge in [0.05, 0.1) is 19.3 Å². The van der Waals surface area contributed by atoms with Gasteiger partial charge in [0.1, 0.15) is 0 Å². The van der Waals surface area contributed by atoms with Crippen LogP contribution in [0.3, 0.4) is 0 Å². The molecule has 2 rings (SSSR count). The molecule has 0 aromatic carbocycles. The van der Waals surface area contributed by atoms with Crippen LogP contribution < -0.4 is 0 Å². The van der Waals surface area contributed by atoms with Crippen molar-refractivity contribution >= 4 is 8.07 Å². The lowest BCUT2D eigenvalue weighted by Crippen LogP contribution is -2.23. The Balaban J connectivity index is 1.93. The van der Waals surface area contributed by atoms with Crippen LogP contribution in [0.1, 0.15) is 32.6 Å². The second kappa shape index (κ2) is 6.73. The van der Waals surface area contributed by atoms with E-state index in [1.165, 1.54) is 11.1 Å². The lowest BCUT2D eigenvalue weighted by molar-refractivity contribution is -0.0476. The molecule has 20 heavy (non-hydrogen) atoms. The molecule has 4 heteroatoms. The Morgan fingerprint density at radius 2 is 1.80 bits per heavy atom. The SMILES string of the molecule is C[C@@H]1C[C@H](O)C(C[Si](C)(C)C)=C1CCCC1OCCO1. The van der Waals surface area contributed by atoms with E-state index in [0.29, 0.717) is 5.92 Å². The second-order valence-electron chi connectivity index (χ2n) is 7.50. The van der Waals surface area contributed by atoms with Crippen molar-refractivity contribution in [3.63, 3.8) is 0 Å². The minimum absolute atomic E-state index is 0.0117. The molecule has 1 fully saturated rings. The van der Waals surface area contributed by atoms with Crippen molar-refractivity contribution in [3.05, 3.63) is 11.1 Å². The van der Waals surface area contributed by atoms with E-state index < -0.39 is 8.07 Å². The first-order valence-electron chi connectivity index (χ1n) is 8.00. The Labute approximate surface area is 124 Å². The topological polar surface area (TPSA) is 38.7 Å². The Kier molecular flexibility index (Phi) is 5.46. The molecule has 2 atom stereocenters. The molecule has 0 spiro atoms. The third kappa shape index (κ3) is 4.42. The molecule has 1 aliphatic heterocycles. The molecular formula is C16H30O3Si. The number of hydrogen-bond donors (Lipinski definition) is 1. The van der Waals surface area contributed by atoms with Gasteiger partial charge in [-0.1, -0.05) is 32.1 Å². The molecule has 1 heterocycles. The molecule has 0 unspecified atom stereocenters. The van der Waals surface area contributed by atoms with Crippen LogP contribution in [-0.4, -0.2) is 38.8 Å². The van der Waals surface area contributed by atoms with Crippen LogP contribution in [0.15, 0.2) is 11.1 Å². The van der Waals surface area contributed by atoms with Gasteiger partial charge in [0, 0.05) is 8.07 Å². The van der Waals surface area contributed by atoms with Gasteiger partial charge < -0.3 is 14.6 Å². The molecule has 0 radical (unpaired) electrons. The Morgan fingerprint density at radius 1 is 1.15 bits per heavy atom. The van der Waals surface area contributed by atoms with Gasteiger partial charge in [0.2, 0.25) is 0 Å². The average Bonchev–Trinajstić information content (AvgIpc) is 2.91. The first-order chi connectivity index (χ1) is 9.37. The summed E-state index contributed by atoms with van der Waals surface area (Å²) in [5.41, 5.74) is 2.89. The number of ether oxygens (including phenoxy) is 2. The first kappa shape index (κ1) is 16.2. The average molecular weight is 298 g/mol. The first-order valence-corrected chi connectivity index (χ1v) is 11.7. The Hall–Kier alpha value is -0.163. The molecule has 0 aromatic rings. The van der Waals surface area contributed by atoms with Crippen LogP contribution in [-0.2, 0) is 9.47 Å². The van der Waals surface area contributed by atoms with E-state index in [4.69, 9.17) is 9.47 Å². The molecule has 1 saturated heterocycles. The fourth-order valence-corrected chi connectivity index (χ4v) is 5.00. The van der Waals surface area contributed by atoms with Crippen LogP contribution in [0.5, 0.6) is 0 Å². The molecule has 0 saturated carbocycles. The molecule has 116 valence electrons. The summed E-state index contributed by atoms with van der Waals surface area (Å²) in [6.07, 6.45) is 3.93. The summed E-state index contributed by atoms with van der Waals surface area (Å²) in [6.45, 7) is 10.9. The molecule has 1 N–H and O–H groups in total. The van der Waals surface area contributed by atoms with Crippen LogP contribution in [0, 0.1) is 5.92 Å². The minimum Gasteiger partial charge on any atom is -0.389 e. The normalized spacial score (nSPS) is 28.6. The highest BCUT2D eigenvalue weighted by molar-refractivity contribution is 6.76. The third-order valence-corrected chi connectivity index (χ3v) is 5.73. The quantitative estimate of drug-likeness (QED) is 0.602. The maximum Gasteiger partial charge on any atom is 0.157 e. The van der Waals surface area contributed by atoms with Gasteiger partial charge in [-0.2, -0.15) is 0 Å². The summed E-state index contributed by atoms with van der Waals surface area (Å²) in [4.78, 5) is 0. The smallest absolute Gasteiger partial charge is 0.157 e. The van der Waals surface area contributed by atoms with Crippen LogP contribution in [0.25, 0.3) is 0 Å². The van der Waals surface area contributed by atoms with E-state index in [2.05, 4.69) is 26.6 Å². The van der Waals surface area contributed by atoms with E-state index in [-0.39, 0.29) is 12.4 Å². The van der Waals surface area contributed by atoms with Gasteiger partial charge in [-0.15, -0.1) is 0 Å². The predicted molar refractivity (Wildman–Crippen MR) is 84.5 cm³/mol. The fourth-order valence-electron chi connectivity index (χ4n) is 3.39. The van der Waals surface area contributed by atoms with E-state index in [1.54, 1.807) is 0 Å². The van der Waals surface area contributed by atoms with Crippen molar-refractivity contribution in [1.82, 2.24) is 0 Å². The van der Waals surface area contributed by atoms with Crippen molar-refractivity contribution in [2.45, 2.75) is 70.7 Å². The van der Waals surface area contributed by atoms with Crippen LogP contribution in [0.2, 0.25) is 25.7 Å². The molecule has 3 nitrogen and oxygen atoms in total. The van der Waals surface area contributed by atoms with Gasteiger partial charge in [-0.3, -0.25) is 0 Å². The lowest BCUT2D eigenvalue weighted by Gasteiger charge is -2.21. The molecule has 0 amide bonds. The predicted octanol–water partition coefficient (Wildman–Crippen LogP) is 3.57. The highest BCUT2D eigenvalue weighted by Crippen LogP contribution is 2.39. The van der Waals surface area contributed by atoms with Crippen LogP contribution in [0.4, 0.5) is 0 Å². The van der Waals surface area contributed by atoms with Gasteiger partial charge in [-0.05, 0) is 43.2 Å². The number of rotatable bonds is 6. The molecular weight excluding hydrogens is 268 g/mol. The Morgan fingerprint density at radius 3 is 2.40 bits per heavy atom. The zero-order chi connectivity index (χ0) is 14.8. The van der Waals surface area contributed by atoms with Crippen molar-refractivity contribution in [3.8, 4) is 0 Å². The second-order valence-corrected chi connectivity index (χ2v) is 13.0. The summed E-state index contributed by atoms with van der Waals surface area (Å²) in [7, 11) is -1.17. The van der Waals surface area contributed by atoms with Crippen molar-refractivity contribution in [2.24, 2.45) is 5.92 Å². The summed E-state index contributed by atoms with van der Waals surface area (Å²) in [5.74, 6) is 0.543. The molecule has 0 bridgehead atoms. The molecule has 2 aliphatic rings. The largest absolute Gasteiger partial charge is 0.389 e. The summed E-state index contributed by atoms with van der Waals surface area (Å²) in [6, 6.07) is 1.14. The highest BCUT2D eigenvalue weighted by atomic mass is 28.3.